The molecule has 10 heteroatoms. The number of nitrogens with one attached hydrogen (secondary N) is 2. The number of methoxy groups -OCH3 is 1. The van der Waals surface area contributed by atoms with Crippen molar-refractivity contribution >= 4 is 23.6 Å². The summed E-state index contributed by atoms with van der Waals surface area (Å²) in [5.41, 5.74) is 2.98. The number of hydrogen-bond acceptors (Lipinski definition) is 6. The van der Waals surface area contributed by atoms with E-state index in [0.29, 0.717) is 43.3 Å². The minimum atomic E-state index is -1.26. The second-order valence-electron chi connectivity index (χ2n) is 12.6. The Hall–Kier alpha value is -3.95. The van der Waals surface area contributed by atoms with Gasteiger partial charge in [0.15, 0.2) is 0 Å². The summed E-state index contributed by atoms with van der Waals surface area (Å²) in [7, 11) is 1.52. The standard InChI is InChI=1S/C34H45N5O5/c1-23(2)15-19-39-22-29(40)37-34(16-7-11-24-9-4-5-12-27(24)34)33(43)35-17-20-38(18-8-14-30(39)41)32(42)26-21-25-10-6-13-28(25)36-31(26)44-3/h4-5,9,12,21,23H,6-8,10-11,13-20,22H2,1-3H3,(H,35,43)(H,37,40). The summed E-state index contributed by atoms with van der Waals surface area (Å²) >= 11 is 0. The Labute approximate surface area is 259 Å². The first-order valence-electron chi connectivity index (χ1n) is 16.0. The first kappa shape index (κ1) is 31.5. The van der Waals surface area contributed by atoms with E-state index in [0.717, 1.165) is 60.9 Å². The Morgan fingerprint density at radius 1 is 1.02 bits per heavy atom. The van der Waals surface area contributed by atoms with Crippen molar-refractivity contribution in [2.75, 3.05) is 39.8 Å². The lowest BCUT2D eigenvalue weighted by Gasteiger charge is -2.39. The van der Waals surface area contributed by atoms with Crippen LogP contribution < -0.4 is 15.4 Å². The first-order valence-corrected chi connectivity index (χ1v) is 16.0. The minimum absolute atomic E-state index is 0.122. The largest absolute Gasteiger partial charge is 0.480 e. The number of rotatable bonds is 5. The van der Waals surface area contributed by atoms with Gasteiger partial charge in [0.05, 0.1) is 13.7 Å². The molecule has 1 fully saturated rings. The third kappa shape index (κ3) is 6.74. The van der Waals surface area contributed by atoms with Crippen molar-refractivity contribution in [3.05, 3.63) is 58.3 Å². The Morgan fingerprint density at radius 2 is 1.82 bits per heavy atom. The van der Waals surface area contributed by atoms with E-state index < -0.39 is 5.54 Å². The molecule has 1 aromatic heterocycles. The summed E-state index contributed by atoms with van der Waals surface area (Å²) in [6, 6.07) is 9.62. The van der Waals surface area contributed by atoms with Gasteiger partial charge in [-0.25, -0.2) is 4.98 Å². The highest BCUT2D eigenvalue weighted by Gasteiger charge is 2.45. The van der Waals surface area contributed by atoms with Crippen LogP contribution in [0.2, 0.25) is 0 Å². The molecule has 236 valence electrons. The van der Waals surface area contributed by atoms with E-state index in [1.165, 1.54) is 7.11 Å². The molecule has 0 radical (unpaired) electrons. The van der Waals surface area contributed by atoms with Gasteiger partial charge in [0.25, 0.3) is 11.8 Å². The molecule has 1 saturated heterocycles. The van der Waals surface area contributed by atoms with Crippen molar-refractivity contribution in [1.82, 2.24) is 25.4 Å². The van der Waals surface area contributed by atoms with Crippen molar-refractivity contribution in [2.45, 2.75) is 77.2 Å². The van der Waals surface area contributed by atoms with E-state index in [4.69, 9.17) is 4.74 Å². The van der Waals surface area contributed by atoms with Gasteiger partial charge in [-0.05, 0) is 80.0 Å². The fourth-order valence-corrected chi connectivity index (χ4v) is 6.69. The van der Waals surface area contributed by atoms with Crippen LogP contribution in [0.25, 0.3) is 0 Å². The molecule has 2 aromatic rings. The average molecular weight is 604 g/mol. The molecule has 0 saturated carbocycles. The second-order valence-corrected chi connectivity index (χ2v) is 12.6. The number of aryl methyl sites for hydroxylation is 3. The molecule has 10 nitrogen and oxygen atoms in total. The highest BCUT2D eigenvalue weighted by Crippen LogP contribution is 2.36. The number of carbonyl (C=O) groups is 4. The van der Waals surface area contributed by atoms with Gasteiger partial charge >= 0.3 is 0 Å². The van der Waals surface area contributed by atoms with Gasteiger partial charge in [0.2, 0.25) is 17.7 Å². The number of carbonyl (C=O) groups excluding carboxylic acids is 4. The van der Waals surface area contributed by atoms with Gasteiger partial charge in [0, 0.05) is 38.3 Å². The summed E-state index contributed by atoms with van der Waals surface area (Å²) in [5, 5.41) is 6.13. The molecule has 2 N–H and O–H groups in total. The van der Waals surface area contributed by atoms with E-state index in [1.54, 1.807) is 9.80 Å². The van der Waals surface area contributed by atoms with Crippen LogP contribution in [0.4, 0.5) is 0 Å². The Bertz CT molecular complexity index is 1410. The SMILES string of the molecule is COc1nc2c(cc1C(=O)N1CCCC(=O)N(CCC(C)C)CC(=O)NC3(CCCc4ccccc43)C(=O)NCC1)CCC2. The maximum absolute atomic E-state index is 14.1. The van der Waals surface area contributed by atoms with E-state index in [2.05, 4.69) is 29.5 Å². The minimum Gasteiger partial charge on any atom is -0.480 e. The summed E-state index contributed by atoms with van der Waals surface area (Å²) < 4.78 is 5.53. The van der Waals surface area contributed by atoms with Crippen LogP contribution in [-0.2, 0) is 39.2 Å². The molecule has 1 aliphatic heterocycles. The average Bonchev–Trinajstić information content (AvgIpc) is 3.48. The van der Waals surface area contributed by atoms with Crippen molar-refractivity contribution in [3.63, 3.8) is 0 Å². The maximum atomic E-state index is 14.1. The number of fused-ring (bicyclic) bond motifs is 3. The highest BCUT2D eigenvalue weighted by atomic mass is 16.5. The van der Waals surface area contributed by atoms with Gasteiger partial charge in [-0.15, -0.1) is 0 Å². The third-order valence-electron chi connectivity index (χ3n) is 9.09. The van der Waals surface area contributed by atoms with Gasteiger partial charge in [-0.3, -0.25) is 19.2 Å². The van der Waals surface area contributed by atoms with Crippen molar-refractivity contribution < 1.29 is 23.9 Å². The van der Waals surface area contributed by atoms with Crippen LogP contribution in [0.3, 0.4) is 0 Å². The van der Waals surface area contributed by atoms with Gasteiger partial charge < -0.3 is 25.2 Å². The van der Waals surface area contributed by atoms with E-state index >= 15 is 0 Å². The zero-order valence-corrected chi connectivity index (χ0v) is 26.2. The van der Waals surface area contributed by atoms with Crippen molar-refractivity contribution in [2.24, 2.45) is 5.92 Å². The van der Waals surface area contributed by atoms with E-state index in [-0.39, 0.29) is 49.7 Å². The molecular weight excluding hydrogens is 558 g/mol. The van der Waals surface area contributed by atoms with Crippen LogP contribution in [-0.4, -0.2) is 78.2 Å². The fourth-order valence-electron chi connectivity index (χ4n) is 6.69. The summed E-state index contributed by atoms with van der Waals surface area (Å²) in [6.07, 6.45) is 6.12. The predicted molar refractivity (Wildman–Crippen MR) is 166 cm³/mol. The Morgan fingerprint density at radius 3 is 2.61 bits per heavy atom. The second kappa shape index (κ2) is 13.8. The normalized spacial score (nSPS) is 21.4. The molecule has 1 aromatic carbocycles. The third-order valence-corrected chi connectivity index (χ3v) is 9.09. The molecular formula is C34H45N5O5. The molecule has 1 atom stereocenters. The van der Waals surface area contributed by atoms with Gasteiger partial charge in [0.1, 0.15) is 11.1 Å². The number of pyridine rings is 1. The van der Waals surface area contributed by atoms with Crippen LogP contribution >= 0.6 is 0 Å². The van der Waals surface area contributed by atoms with E-state index in [1.807, 2.05) is 30.3 Å². The quantitative estimate of drug-likeness (QED) is 0.542. The number of benzene rings is 1. The fraction of sp³-hybridized carbons (Fsp3) is 0.559. The highest BCUT2D eigenvalue weighted by molar-refractivity contribution is 5.97. The number of nitrogens with zero attached hydrogens (tertiary/aromatic N) is 3. The lowest BCUT2D eigenvalue weighted by molar-refractivity contribution is -0.139. The van der Waals surface area contributed by atoms with E-state index in [9.17, 15) is 19.2 Å². The van der Waals surface area contributed by atoms with Crippen LogP contribution in [0.5, 0.6) is 5.88 Å². The van der Waals surface area contributed by atoms with Crippen LogP contribution in [0, 0.1) is 5.92 Å². The molecule has 2 heterocycles. The monoisotopic (exact) mass is 603 g/mol. The van der Waals surface area contributed by atoms with Gasteiger partial charge in [-0.1, -0.05) is 38.1 Å². The molecule has 5 rings (SSSR count). The number of aromatic nitrogens is 1. The molecule has 1 unspecified atom stereocenters. The molecule has 3 aliphatic rings. The zero-order chi connectivity index (χ0) is 31.3. The van der Waals surface area contributed by atoms with Crippen molar-refractivity contribution in [3.8, 4) is 5.88 Å². The van der Waals surface area contributed by atoms with Gasteiger partial charge in [-0.2, -0.15) is 0 Å². The van der Waals surface area contributed by atoms with Crippen LogP contribution in [0.1, 0.15) is 85.1 Å². The topological polar surface area (TPSA) is 121 Å². The predicted octanol–water partition coefficient (Wildman–Crippen LogP) is 3.15. The Balaban J connectivity index is 1.45. The number of amides is 4. The number of ether oxygens (including phenoxy) is 1. The maximum Gasteiger partial charge on any atom is 0.259 e. The van der Waals surface area contributed by atoms with Crippen molar-refractivity contribution in [1.29, 1.82) is 0 Å². The molecule has 1 spiro atoms. The lowest BCUT2D eigenvalue weighted by atomic mass is 9.75. The lowest BCUT2D eigenvalue weighted by Crippen LogP contribution is -2.60. The summed E-state index contributed by atoms with van der Waals surface area (Å²) in [6.45, 7) is 5.24. The van der Waals surface area contributed by atoms with Crippen LogP contribution in [0.15, 0.2) is 30.3 Å². The molecule has 44 heavy (non-hydrogen) atoms. The summed E-state index contributed by atoms with van der Waals surface area (Å²) in [4.78, 5) is 63.0. The molecule has 0 bridgehead atoms. The molecule has 4 amide bonds. The smallest absolute Gasteiger partial charge is 0.259 e. The number of hydrogen-bond donors (Lipinski definition) is 2. The zero-order valence-electron chi connectivity index (χ0n) is 26.2. The summed E-state index contributed by atoms with van der Waals surface area (Å²) in [5.74, 6) is -0.371. The molecule has 2 aliphatic carbocycles. The first-order chi connectivity index (χ1) is 21.2. The Kier molecular flexibility index (Phi) is 9.86.